The molecule has 2 amide bonds. The Morgan fingerprint density at radius 3 is 2.20 bits per heavy atom. The molecule has 0 saturated carbocycles. The number of carbonyl (C=O) groups excluding carboxylic acids is 3. The summed E-state index contributed by atoms with van der Waals surface area (Å²) in [6.07, 6.45) is 0. The molecule has 0 radical (unpaired) electrons. The minimum absolute atomic E-state index is 0.164. The number of hydrazone groups is 1. The number of rotatable bonds is 6. The minimum atomic E-state index is -1.00. The number of nitrogens with zero attached hydrogens (tertiary/aromatic N) is 1. The van der Waals surface area contributed by atoms with E-state index in [9.17, 15) is 14.4 Å². The van der Waals surface area contributed by atoms with E-state index in [1.165, 1.54) is 31.4 Å². The Balaban J connectivity index is 1.68. The Morgan fingerprint density at radius 1 is 0.857 bits per heavy atom. The average Bonchev–Trinajstić information content (AvgIpc) is 2.82. The van der Waals surface area contributed by atoms with E-state index in [4.69, 9.17) is 44.3 Å². The minimum Gasteiger partial charge on any atom is -0.493 e. The maximum absolute atomic E-state index is 12.4. The van der Waals surface area contributed by atoms with Crippen LogP contribution in [0.3, 0.4) is 0 Å². The highest BCUT2D eigenvalue weighted by atomic mass is 35.5. The van der Waals surface area contributed by atoms with Crippen LogP contribution >= 0.6 is 34.8 Å². The summed E-state index contributed by atoms with van der Waals surface area (Å²) in [7, 11) is 1.41. The lowest BCUT2D eigenvalue weighted by Crippen LogP contribution is -2.32. The number of benzene rings is 3. The van der Waals surface area contributed by atoms with Crippen molar-refractivity contribution in [3.63, 3.8) is 0 Å². The van der Waals surface area contributed by atoms with Gasteiger partial charge in [0.05, 0.1) is 23.4 Å². The molecular formula is C24H18Cl3N3O5. The molecule has 0 atom stereocenters. The van der Waals surface area contributed by atoms with Crippen LogP contribution in [0, 0.1) is 0 Å². The van der Waals surface area contributed by atoms with Gasteiger partial charge in [0.15, 0.2) is 11.5 Å². The second kappa shape index (κ2) is 11.7. The number of amides is 2. The topological polar surface area (TPSA) is 106 Å². The van der Waals surface area contributed by atoms with Crippen LogP contribution in [0.25, 0.3) is 0 Å². The molecule has 0 aliphatic carbocycles. The Labute approximate surface area is 215 Å². The Hall–Kier alpha value is -3.59. The van der Waals surface area contributed by atoms with Crippen LogP contribution in [0.2, 0.25) is 15.1 Å². The molecule has 35 heavy (non-hydrogen) atoms. The van der Waals surface area contributed by atoms with Crippen LogP contribution in [-0.4, -0.2) is 30.6 Å². The van der Waals surface area contributed by atoms with Crippen LogP contribution in [0.1, 0.15) is 22.8 Å². The average molecular weight is 535 g/mol. The molecule has 180 valence electrons. The van der Waals surface area contributed by atoms with Crippen LogP contribution in [0.15, 0.2) is 65.8 Å². The third-order valence-corrected chi connectivity index (χ3v) is 5.30. The number of halogens is 3. The molecule has 0 unspecified atom stereocenters. The van der Waals surface area contributed by atoms with Crippen molar-refractivity contribution in [2.75, 3.05) is 12.4 Å². The summed E-state index contributed by atoms with van der Waals surface area (Å²) < 4.78 is 10.7. The molecule has 0 aromatic heterocycles. The van der Waals surface area contributed by atoms with Crippen LogP contribution in [0.5, 0.6) is 11.5 Å². The van der Waals surface area contributed by atoms with Crippen molar-refractivity contribution in [1.82, 2.24) is 5.43 Å². The van der Waals surface area contributed by atoms with E-state index in [0.717, 1.165) is 0 Å². The zero-order valence-corrected chi connectivity index (χ0v) is 20.7. The fourth-order valence-electron chi connectivity index (χ4n) is 2.82. The third kappa shape index (κ3) is 6.95. The van der Waals surface area contributed by atoms with E-state index in [2.05, 4.69) is 15.8 Å². The summed E-state index contributed by atoms with van der Waals surface area (Å²) in [5.74, 6) is -2.19. The van der Waals surface area contributed by atoms with Crippen molar-refractivity contribution in [3.8, 4) is 11.5 Å². The first-order valence-electron chi connectivity index (χ1n) is 9.94. The van der Waals surface area contributed by atoms with E-state index in [1.54, 1.807) is 43.3 Å². The number of hydrogen-bond donors (Lipinski definition) is 2. The Morgan fingerprint density at radius 2 is 1.54 bits per heavy atom. The zero-order chi connectivity index (χ0) is 25.5. The van der Waals surface area contributed by atoms with E-state index in [1.807, 2.05) is 0 Å². The molecule has 0 fully saturated rings. The molecule has 2 N–H and O–H groups in total. The third-order valence-electron chi connectivity index (χ3n) is 4.53. The molecule has 3 rings (SSSR count). The lowest BCUT2D eigenvalue weighted by Gasteiger charge is -2.11. The van der Waals surface area contributed by atoms with Crippen molar-refractivity contribution in [1.29, 1.82) is 0 Å². The molecule has 0 spiro atoms. The molecule has 11 heteroatoms. The van der Waals surface area contributed by atoms with Gasteiger partial charge in [-0.3, -0.25) is 9.59 Å². The number of hydrogen-bond acceptors (Lipinski definition) is 6. The van der Waals surface area contributed by atoms with Crippen LogP contribution in [-0.2, 0) is 9.59 Å². The summed E-state index contributed by atoms with van der Waals surface area (Å²) in [5.41, 5.74) is 3.54. The molecule has 3 aromatic carbocycles. The molecule has 0 bridgehead atoms. The lowest BCUT2D eigenvalue weighted by atomic mass is 10.1. The number of ether oxygens (including phenoxy) is 2. The Kier molecular flexibility index (Phi) is 8.70. The highest BCUT2D eigenvalue weighted by Crippen LogP contribution is 2.30. The Bertz CT molecular complexity index is 1310. The second-order valence-electron chi connectivity index (χ2n) is 6.99. The van der Waals surface area contributed by atoms with Gasteiger partial charge >= 0.3 is 17.8 Å². The van der Waals surface area contributed by atoms with E-state index < -0.39 is 17.8 Å². The standard InChI is InChI=1S/C24H18Cl3N3O5/c1-13(29-30-23(32)22(31)28-17-11-15(25)10-16(26)12-17)14-7-8-20(21(9-14)34-2)35-24(33)18-5-3-4-6-19(18)27/h3-12H,1-2H3,(H,28,31)(H,30,32)/b29-13+. The highest BCUT2D eigenvalue weighted by molar-refractivity contribution is 6.40. The predicted molar refractivity (Wildman–Crippen MR) is 135 cm³/mol. The van der Waals surface area contributed by atoms with Crippen LogP contribution < -0.4 is 20.2 Å². The first-order chi connectivity index (χ1) is 16.7. The molecule has 8 nitrogen and oxygen atoms in total. The van der Waals surface area contributed by atoms with E-state index in [-0.39, 0.29) is 27.8 Å². The molecule has 3 aromatic rings. The van der Waals surface area contributed by atoms with Gasteiger partial charge in [-0.15, -0.1) is 0 Å². The number of carbonyl (C=O) groups is 3. The fraction of sp³-hybridized carbons (Fsp3) is 0.0833. The van der Waals surface area contributed by atoms with Crippen molar-refractivity contribution in [3.05, 3.63) is 86.9 Å². The summed E-state index contributed by atoms with van der Waals surface area (Å²) in [4.78, 5) is 36.7. The highest BCUT2D eigenvalue weighted by Gasteiger charge is 2.17. The van der Waals surface area contributed by atoms with Gasteiger partial charge in [-0.1, -0.05) is 46.9 Å². The van der Waals surface area contributed by atoms with Crippen molar-refractivity contribution in [2.45, 2.75) is 6.92 Å². The maximum atomic E-state index is 12.4. The fourth-order valence-corrected chi connectivity index (χ4v) is 3.56. The summed E-state index contributed by atoms with van der Waals surface area (Å²) >= 11 is 17.8. The summed E-state index contributed by atoms with van der Waals surface area (Å²) in [5, 5.41) is 7.19. The monoisotopic (exact) mass is 533 g/mol. The SMILES string of the molecule is COc1cc(/C(C)=N/NC(=O)C(=O)Nc2cc(Cl)cc(Cl)c2)ccc1OC(=O)c1ccccc1Cl. The number of anilines is 1. The van der Waals surface area contributed by atoms with Gasteiger partial charge in [-0.05, 0) is 55.5 Å². The van der Waals surface area contributed by atoms with Gasteiger partial charge in [0.25, 0.3) is 0 Å². The molecule has 0 aliphatic heterocycles. The van der Waals surface area contributed by atoms with Gasteiger partial charge in [0, 0.05) is 21.3 Å². The normalized spacial score (nSPS) is 10.9. The first kappa shape index (κ1) is 26.0. The van der Waals surface area contributed by atoms with Crippen molar-refractivity contribution < 1.29 is 23.9 Å². The van der Waals surface area contributed by atoms with Crippen LogP contribution in [0.4, 0.5) is 5.69 Å². The number of esters is 1. The summed E-state index contributed by atoms with van der Waals surface area (Å²) in [6.45, 7) is 1.61. The van der Waals surface area contributed by atoms with Gasteiger partial charge in [-0.25, -0.2) is 10.2 Å². The number of methoxy groups -OCH3 is 1. The maximum Gasteiger partial charge on any atom is 0.345 e. The smallest absolute Gasteiger partial charge is 0.345 e. The molecule has 0 heterocycles. The predicted octanol–water partition coefficient (Wildman–Crippen LogP) is 5.35. The molecule has 0 saturated heterocycles. The van der Waals surface area contributed by atoms with Gasteiger partial charge in [0.1, 0.15) is 0 Å². The van der Waals surface area contributed by atoms with Crippen molar-refractivity contribution >= 4 is 64.0 Å². The summed E-state index contributed by atoms with van der Waals surface area (Å²) in [6, 6.07) is 15.6. The molecule has 0 aliphatic rings. The lowest BCUT2D eigenvalue weighted by molar-refractivity contribution is -0.136. The first-order valence-corrected chi connectivity index (χ1v) is 11.1. The zero-order valence-electron chi connectivity index (χ0n) is 18.4. The quantitative estimate of drug-likeness (QED) is 0.146. The second-order valence-corrected chi connectivity index (χ2v) is 8.27. The van der Waals surface area contributed by atoms with Gasteiger partial charge in [0.2, 0.25) is 0 Å². The van der Waals surface area contributed by atoms with E-state index in [0.29, 0.717) is 21.3 Å². The number of nitrogens with one attached hydrogen (secondary N) is 2. The van der Waals surface area contributed by atoms with Gasteiger partial charge in [-0.2, -0.15) is 5.10 Å². The van der Waals surface area contributed by atoms with Gasteiger partial charge < -0.3 is 14.8 Å². The molecular weight excluding hydrogens is 517 g/mol. The largest absolute Gasteiger partial charge is 0.493 e. The van der Waals surface area contributed by atoms with Crippen molar-refractivity contribution in [2.24, 2.45) is 5.10 Å². The van der Waals surface area contributed by atoms with E-state index >= 15 is 0 Å².